The Kier molecular flexibility index (Phi) is 3.10. The summed E-state index contributed by atoms with van der Waals surface area (Å²) >= 11 is 3.71. The lowest BCUT2D eigenvalue weighted by Gasteiger charge is -2.26. The number of fused-ring (bicyclic) bond motifs is 1. The van der Waals surface area contributed by atoms with Crippen LogP contribution >= 0.6 is 15.9 Å². The molecule has 0 saturated heterocycles. The SMILES string of the molecule is COc1cc(C2(N)CCCC2)c(Br)c2cc(C)oc12. The molecule has 1 heterocycles. The fraction of sp³-hybridized carbons (Fsp3) is 0.467. The van der Waals surface area contributed by atoms with Gasteiger partial charge in [0.05, 0.1) is 7.11 Å². The van der Waals surface area contributed by atoms with E-state index in [1.54, 1.807) is 7.11 Å². The van der Waals surface area contributed by atoms with E-state index in [4.69, 9.17) is 14.9 Å². The third kappa shape index (κ3) is 1.98. The van der Waals surface area contributed by atoms with Gasteiger partial charge in [0.2, 0.25) is 0 Å². The molecule has 1 aromatic heterocycles. The van der Waals surface area contributed by atoms with E-state index in [9.17, 15) is 0 Å². The van der Waals surface area contributed by atoms with Crippen LogP contribution < -0.4 is 10.5 Å². The van der Waals surface area contributed by atoms with Crippen LogP contribution in [0.15, 0.2) is 21.0 Å². The van der Waals surface area contributed by atoms with Crippen LogP contribution in [0.2, 0.25) is 0 Å². The maximum Gasteiger partial charge on any atom is 0.177 e. The molecule has 0 spiro atoms. The summed E-state index contributed by atoms with van der Waals surface area (Å²) in [6.45, 7) is 1.94. The fourth-order valence-electron chi connectivity index (χ4n) is 3.05. The van der Waals surface area contributed by atoms with E-state index < -0.39 is 0 Å². The zero-order valence-electron chi connectivity index (χ0n) is 11.3. The molecule has 3 nitrogen and oxygen atoms in total. The van der Waals surface area contributed by atoms with E-state index in [2.05, 4.69) is 15.9 Å². The smallest absolute Gasteiger partial charge is 0.177 e. The van der Waals surface area contributed by atoms with E-state index in [1.807, 2.05) is 19.1 Å². The third-order valence-corrected chi connectivity index (χ3v) is 4.93. The highest BCUT2D eigenvalue weighted by Gasteiger charge is 2.34. The highest BCUT2D eigenvalue weighted by molar-refractivity contribution is 9.10. The van der Waals surface area contributed by atoms with Crippen molar-refractivity contribution in [1.29, 1.82) is 0 Å². The Labute approximate surface area is 121 Å². The first-order valence-electron chi connectivity index (χ1n) is 6.61. The molecular formula is C15H18BrNO2. The minimum absolute atomic E-state index is 0.245. The zero-order valence-corrected chi connectivity index (χ0v) is 12.8. The van der Waals surface area contributed by atoms with Crippen molar-refractivity contribution in [1.82, 2.24) is 0 Å². The minimum atomic E-state index is -0.245. The normalized spacial score (nSPS) is 18.1. The highest BCUT2D eigenvalue weighted by atomic mass is 79.9. The number of hydrogen-bond acceptors (Lipinski definition) is 3. The van der Waals surface area contributed by atoms with Crippen LogP contribution in [-0.4, -0.2) is 7.11 Å². The number of benzene rings is 1. The molecule has 3 rings (SSSR count). The van der Waals surface area contributed by atoms with E-state index in [1.165, 1.54) is 12.8 Å². The maximum atomic E-state index is 6.59. The molecule has 102 valence electrons. The molecule has 1 aliphatic rings. The molecule has 0 radical (unpaired) electrons. The molecule has 1 fully saturated rings. The second-order valence-corrected chi connectivity index (χ2v) is 6.20. The summed E-state index contributed by atoms with van der Waals surface area (Å²) in [6, 6.07) is 4.06. The van der Waals surface area contributed by atoms with E-state index in [-0.39, 0.29) is 5.54 Å². The Hall–Kier alpha value is -1.00. The van der Waals surface area contributed by atoms with Crippen molar-refractivity contribution in [3.63, 3.8) is 0 Å². The Morgan fingerprint density at radius 1 is 1.32 bits per heavy atom. The van der Waals surface area contributed by atoms with Crippen LogP contribution in [0.25, 0.3) is 11.0 Å². The highest BCUT2D eigenvalue weighted by Crippen LogP contribution is 2.45. The summed E-state index contributed by atoms with van der Waals surface area (Å²) in [7, 11) is 1.67. The molecule has 0 atom stereocenters. The molecule has 19 heavy (non-hydrogen) atoms. The van der Waals surface area contributed by atoms with Gasteiger partial charge in [-0.05, 0) is 53.4 Å². The molecule has 2 aromatic rings. The minimum Gasteiger partial charge on any atom is -0.493 e. The van der Waals surface area contributed by atoms with Crippen molar-refractivity contribution in [2.45, 2.75) is 38.1 Å². The van der Waals surface area contributed by atoms with Crippen LogP contribution in [0.3, 0.4) is 0 Å². The number of hydrogen-bond donors (Lipinski definition) is 1. The average Bonchev–Trinajstić information content (AvgIpc) is 2.97. The lowest BCUT2D eigenvalue weighted by atomic mass is 9.88. The third-order valence-electron chi connectivity index (χ3n) is 4.08. The first-order chi connectivity index (χ1) is 9.05. The van der Waals surface area contributed by atoms with Gasteiger partial charge in [-0.1, -0.05) is 12.8 Å². The lowest BCUT2D eigenvalue weighted by Crippen LogP contribution is -2.33. The lowest BCUT2D eigenvalue weighted by molar-refractivity contribution is 0.403. The summed E-state index contributed by atoms with van der Waals surface area (Å²) in [4.78, 5) is 0. The average molecular weight is 324 g/mol. The van der Waals surface area contributed by atoms with Gasteiger partial charge in [0.25, 0.3) is 0 Å². The molecule has 0 unspecified atom stereocenters. The van der Waals surface area contributed by atoms with Gasteiger partial charge in [-0.2, -0.15) is 0 Å². The predicted molar refractivity (Wildman–Crippen MR) is 79.5 cm³/mol. The molecule has 4 heteroatoms. The van der Waals surface area contributed by atoms with E-state index >= 15 is 0 Å². The van der Waals surface area contributed by atoms with Crippen molar-refractivity contribution in [2.24, 2.45) is 5.73 Å². The van der Waals surface area contributed by atoms with Gasteiger partial charge < -0.3 is 14.9 Å². The van der Waals surface area contributed by atoms with E-state index in [0.29, 0.717) is 0 Å². The standard InChI is InChI=1S/C15H18BrNO2/c1-9-7-10-13(16)11(15(17)5-3-4-6-15)8-12(18-2)14(10)19-9/h7-8H,3-6,17H2,1-2H3. The Balaban J connectivity index is 2.28. The largest absolute Gasteiger partial charge is 0.493 e. The maximum absolute atomic E-state index is 6.59. The first-order valence-corrected chi connectivity index (χ1v) is 7.40. The van der Waals surface area contributed by atoms with Crippen molar-refractivity contribution in [2.75, 3.05) is 7.11 Å². The van der Waals surface area contributed by atoms with Crippen molar-refractivity contribution in [3.05, 3.63) is 27.9 Å². The van der Waals surface area contributed by atoms with Crippen LogP contribution in [0.1, 0.15) is 37.0 Å². The number of ether oxygens (including phenoxy) is 1. The Morgan fingerprint density at radius 3 is 2.63 bits per heavy atom. The summed E-state index contributed by atoms with van der Waals surface area (Å²) in [5.74, 6) is 1.64. The van der Waals surface area contributed by atoms with Gasteiger partial charge in [0.15, 0.2) is 11.3 Å². The summed E-state index contributed by atoms with van der Waals surface area (Å²) in [5, 5.41) is 1.04. The molecule has 1 aliphatic carbocycles. The molecule has 0 amide bonds. The zero-order chi connectivity index (χ0) is 13.6. The summed E-state index contributed by atoms with van der Waals surface area (Å²) in [5.41, 5.74) is 8.27. The Morgan fingerprint density at radius 2 is 2.00 bits per heavy atom. The molecular weight excluding hydrogens is 306 g/mol. The summed E-state index contributed by atoms with van der Waals surface area (Å²) < 4.78 is 12.2. The van der Waals surface area contributed by atoms with Gasteiger partial charge in [-0.15, -0.1) is 0 Å². The van der Waals surface area contributed by atoms with Gasteiger partial charge in [0, 0.05) is 15.4 Å². The second kappa shape index (κ2) is 4.53. The van der Waals surface area contributed by atoms with E-state index in [0.717, 1.165) is 45.4 Å². The number of furan rings is 1. The van der Waals surface area contributed by atoms with Crippen LogP contribution in [0, 0.1) is 6.92 Å². The van der Waals surface area contributed by atoms with Crippen molar-refractivity contribution in [3.8, 4) is 5.75 Å². The molecule has 1 saturated carbocycles. The topological polar surface area (TPSA) is 48.4 Å². The Bertz CT molecular complexity index is 627. The van der Waals surface area contributed by atoms with Crippen molar-refractivity contribution >= 4 is 26.9 Å². The van der Waals surface area contributed by atoms with Crippen molar-refractivity contribution < 1.29 is 9.15 Å². The van der Waals surface area contributed by atoms with Crippen LogP contribution in [-0.2, 0) is 5.54 Å². The number of nitrogens with two attached hydrogens (primary N) is 1. The molecule has 0 aliphatic heterocycles. The summed E-state index contributed by atoms with van der Waals surface area (Å²) in [6.07, 6.45) is 4.43. The molecule has 0 bridgehead atoms. The predicted octanol–water partition coefficient (Wildman–Crippen LogP) is 4.24. The van der Waals surface area contributed by atoms with Crippen LogP contribution in [0.5, 0.6) is 5.75 Å². The van der Waals surface area contributed by atoms with Gasteiger partial charge >= 0.3 is 0 Å². The number of halogens is 1. The molecule has 1 aromatic carbocycles. The van der Waals surface area contributed by atoms with Gasteiger partial charge in [-0.25, -0.2) is 0 Å². The number of rotatable bonds is 2. The van der Waals surface area contributed by atoms with Gasteiger partial charge in [0.1, 0.15) is 5.76 Å². The number of aryl methyl sites for hydroxylation is 1. The fourth-order valence-corrected chi connectivity index (χ4v) is 3.86. The first kappa shape index (κ1) is 13.0. The molecule has 2 N–H and O–H groups in total. The van der Waals surface area contributed by atoms with Crippen LogP contribution in [0.4, 0.5) is 0 Å². The van der Waals surface area contributed by atoms with Gasteiger partial charge in [-0.3, -0.25) is 0 Å². The monoisotopic (exact) mass is 323 g/mol. The second-order valence-electron chi connectivity index (χ2n) is 5.40. The quantitative estimate of drug-likeness (QED) is 0.899. The number of methoxy groups -OCH3 is 1.